The maximum absolute atomic E-state index is 3.62. The fourth-order valence-corrected chi connectivity index (χ4v) is 2.54. The van der Waals surface area contributed by atoms with Crippen molar-refractivity contribution >= 4 is 15.9 Å². The smallest absolute Gasteiger partial charge is 0.127 e. The number of nitrogens with one attached hydrogen (secondary N) is 2. The summed E-state index contributed by atoms with van der Waals surface area (Å²) in [6.45, 7) is 6.37. The third-order valence-electron chi connectivity index (χ3n) is 3.21. The van der Waals surface area contributed by atoms with Crippen molar-refractivity contribution in [3.05, 3.63) is 34.3 Å². The van der Waals surface area contributed by atoms with E-state index < -0.39 is 0 Å². The standard InChI is InChI=1S/C12H17BrN2/c1-14-6-8-15(9-7-14)10-11-4-2-3-5-12(11)13/h2-5H,6-10H2,1H3/p+2. The number of hydrogen-bond donors (Lipinski definition) is 2. The van der Waals surface area contributed by atoms with Crippen molar-refractivity contribution in [3.8, 4) is 0 Å². The van der Waals surface area contributed by atoms with Crippen LogP contribution in [-0.2, 0) is 6.54 Å². The Morgan fingerprint density at radius 2 is 1.80 bits per heavy atom. The SMILES string of the molecule is C[NH+]1CC[NH+](Cc2ccccc2Br)CC1. The van der Waals surface area contributed by atoms with Gasteiger partial charge in [-0.3, -0.25) is 0 Å². The van der Waals surface area contributed by atoms with Gasteiger partial charge in [0.05, 0.1) is 7.05 Å². The lowest BCUT2D eigenvalue weighted by Gasteiger charge is -2.27. The molecule has 0 radical (unpaired) electrons. The molecule has 0 saturated carbocycles. The minimum Gasteiger partial charge on any atom is -0.328 e. The van der Waals surface area contributed by atoms with Crippen LogP contribution in [0.25, 0.3) is 0 Å². The first-order valence-electron chi connectivity index (χ1n) is 5.64. The molecule has 1 heterocycles. The molecule has 1 aromatic rings. The van der Waals surface area contributed by atoms with Crippen molar-refractivity contribution in [2.45, 2.75) is 6.54 Å². The second-order valence-electron chi connectivity index (χ2n) is 4.48. The second kappa shape index (κ2) is 5.10. The van der Waals surface area contributed by atoms with Gasteiger partial charge in [-0.25, -0.2) is 0 Å². The Bertz CT molecular complexity index is 319. The third-order valence-corrected chi connectivity index (χ3v) is 3.98. The van der Waals surface area contributed by atoms with Crippen LogP contribution in [0.15, 0.2) is 28.7 Å². The lowest BCUT2D eigenvalue weighted by atomic mass is 10.2. The van der Waals surface area contributed by atoms with Gasteiger partial charge in [0.1, 0.15) is 32.7 Å². The molecular formula is C12H19BrN2+2. The first-order chi connectivity index (χ1) is 7.25. The Balaban J connectivity index is 1.95. The monoisotopic (exact) mass is 270 g/mol. The number of benzene rings is 1. The van der Waals surface area contributed by atoms with E-state index in [1.165, 1.54) is 36.2 Å². The van der Waals surface area contributed by atoms with Crippen LogP contribution in [0.1, 0.15) is 5.56 Å². The number of rotatable bonds is 2. The van der Waals surface area contributed by atoms with E-state index in [-0.39, 0.29) is 0 Å². The van der Waals surface area contributed by atoms with E-state index in [0.717, 1.165) is 6.54 Å². The Kier molecular flexibility index (Phi) is 3.78. The molecule has 1 fully saturated rings. The molecule has 1 saturated heterocycles. The highest BCUT2D eigenvalue weighted by molar-refractivity contribution is 9.10. The highest BCUT2D eigenvalue weighted by Gasteiger charge is 2.20. The van der Waals surface area contributed by atoms with E-state index in [1.54, 1.807) is 9.80 Å². The third kappa shape index (κ3) is 3.03. The van der Waals surface area contributed by atoms with E-state index in [9.17, 15) is 0 Å². The fourth-order valence-electron chi connectivity index (χ4n) is 2.12. The summed E-state index contributed by atoms with van der Waals surface area (Å²) in [5, 5.41) is 0. The van der Waals surface area contributed by atoms with Gasteiger partial charge in [0.15, 0.2) is 0 Å². The van der Waals surface area contributed by atoms with Crippen LogP contribution < -0.4 is 9.80 Å². The number of likely N-dealkylation sites (N-methyl/N-ethyl adjacent to an activating group) is 1. The Labute approximate surface area is 100 Å². The molecule has 15 heavy (non-hydrogen) atoms. The average molecular weight is 271 g/mol. The molecule has 3 heteroatoms. The normalized spacial score (nSPS) is 26.5. The highest BCUT2D eigenvalue weighted by Crippen LogP contribution is 2.14. The molecule has 2 nitrogen and oxygen atoms in total. The molecule has 0 aliphatic carbocycles. The minimum absolute atomic E-state index is 1.16. The van der Waals surface area contributed by atoms with Gasteiger partial charge in [-0.15, -0.1) is 0 Å². The first kappa shape index (κ1) is 11.1. The summed E-state index contributed by atoms with van der Waals surface area (Å²) in [5.74, 6) is 0. The van der Waals surface area contributed by atoms with Crippen LogP contribution >= 0.6 is 15.9 Å². The van der Waals surface area contributed by atoms with E-state index in [2.05, 4.69) is 47.2 Å². The molecule has 1 aliphatic heterocycles. The molecule has 2 N–H and O–H groups in total. The Morgan fingerprint density at radius 1 is 1.13 bits per heavy atom. The Hall–Kier alpha value is -0.380. The van der Waals surface area contributed by atoms with Gasteiger partial charge in [0.25, 0.3) is 0 Å². The zero-order chi connectivity index (χ0) is 10.7. The van der Waals surface area contributed by atoms with Crippen molar-refractivity contribution in [1.29, 1.82) is 0 Å². The largest absolute Gasteiger partial charge is 0.328 e. The molecule has 0 spiro atoms. The summed E-state index contributed by atoms with van der Waals surface area (Å²) in [7, 11) is 2.29. The summed E-state index contributed by atoms with van der Waals surface area (Å²) >= 11 is 3.62. The molecular weight excluding hydrogens is 252 g/mol. The van der Waals surface area contributed by atoms with Gasteiger partial charge in [-0.1, -0.05) is 34.1 Å². The minimum atomic E-state index is 1.16. The van der Waals surface area contributed by atoms with Crippen LogP contribution in [0.3, 0.4) is 0 Å². The number of halogens is 1. The number of hydrogen-bond acceptors (Lipinski definition) is 0. The molecule has 1 aliphatic rings. The van der Waals surface area contributed by atoms with Crippen molar-refractivity contribution in [3.63, 3.8) is 0 Å². The van der Waals surface area contributed by atoms with Gasteiger partial charge < -0.3 is 9.80 Å². The number of piperazine rings is 1. The zero-order valence-electron chi connectivity index (χ0n) is 9.22. The van der Waals surface area contributed by atoms with Crippen LogP contribution in [-0.4, -0.2) is 33.2 Å². The van der Waals surface area contributed by atoms with E-state index >= 15 is 0 Å². The maximum atomic E-state index is 3.62. The van der Waals surface area contributed by atoms with Crippen molar-refractivity contribution in [2.75, 3.05) is 33.2 Å². The zero-order valence-corrected chi connectivity index (χ0v) is 10.8. The van der Waals surface area contributed by atoms with Crippen molar-refractivity contribution < 1.29 is 9.80 Å². The van der Waals surface area contributed by atoms with Gasteiger partial charge >= 0.3 is 0 Å². The van der Waals surface area contributed by atoms with Gasteiger partial charge in [0.2, 0.25) is 0 Å². The van der Waals surface area contributed by atoms with Crippen LogP contribution in [0, 0.1) is 0 Å². The first-order valence-corrected chi connectivity index (χ1v) is 6.43. The van der Waals surface area contributed by atoms with Crippen LogP contribution in [0.2, 0.25) is 0 Å². The average Bonchev–Trinajstić information content (AvgIpc) is 2.25. The summed E-state index contributed by atoms with van der Waals surface area (Å²) in [6.07, 6.45) is 0. The molecule has 0 amide bonds. The predicted octanol–water partition coefficient (Wildman–Crippen LogP) is -0.638. The van der Waals surface area contributed by atoms with Gasteiger partial charge in [-0.2, -0.15) is 0 Å². The topological polar surface area (TPSA) is 8.88 Å². The van der Waals surface area contributed by atoms with E-state index in [4.69, 9.17) is 0 Å². The molecule has 0 atom stereocenters. The van der Waals surface area contributed by atoms with E-state index in [1.807, 2.05) is 0 Å². The van der Waals surface area contributed by atoms with Gasteiger partial charge in [-0.05, 0) is 6.07 Å². The van der Waals surface area contributed by atoms with Gasteiger partial charge in [0, 0.05) is 10.0 Å². The molecule has 1 aromatic carbocycles. The molecule has 0 unspecified atom stereocenters. The summed E-state index contributed by atoms with van der Waals surface area (Å²) < 4.78 is 1.25. The molecule has 0 aromatic heterocycles. The van der Waals surface area contributed by atoms with Crippen molar-refractivity contribution in [2.24, 2.45) is 0 Å². The molecule has 82 valence electrons. The summed E-state index contributed by atoms with van der Waals surface area (Å²) in [6, 6.07) is 8.57. The summed E-state index contributed by atoms with van der Waals surface area (Å²) in [4.78, 5) is 3.39. The Morgan fingerprint density at radius 3 is 2.47 bits per heavy atom. The highest BCUT2D eigenvalue weighted by atomic mass is 79.9. The lowest BCUT2D eigenvalue weighted by molar-refractivity contribution is -1.01. The lowest BCUT2D eigenvalue weighted by Crippen LogP contribution is -3.26. The number of quaternary nitrogens is 2. The van der Waals surface area contributed by atoms with Crippen LogP contribution in [0.4, 0.5) is 0 Å². The van der Waals surface area contributed by atoms with Crippen molar-refractivity contribution in [1.82, 2.24) is 0 Å². The summed E-state index contributed by atoms with van der Waals surface area (Å²) in [5.41, 5.74) is 1.44. The second-order valence-corrected chi connectivity index (χ2v) is 5.33. The fraction of sp³-hybridized carbons (Fsp3) is 0.500. The predicted molar refractivity (Wildman–Crippen MR) is 65.2 cm³/mol. The maximum Gasteiger partial charge on any atom is 0.127 e. The molecule has 2 rings (SSSR count). The van der Waals surface area contributed by atoms with E-state index in [0.29, 0.717) is 0 Å². The quantitative estimate of drug-likeness (QED) is 0.708. The molecule has 0 bridgehead atoms. The van der Waals surface area contributed by atoms with Crippen LogP contribution in [0.5, 0.6) is 0 Å².